The number of nitrogens with zero attached hydrogens (tertiary/aromatic N) is 1. The van der Waals surface area contributed by atoms with Crippen molar-refractivity contribution >= 4 is 24.1 Å². The first-order valence-electron chi connectivity index (χ1n) is 9.08. The fourth-order valence-corrected chi connectivity index (χ4v) is 2.27. The van der Waals surface area contributed by atoms with Gasteiger partial charge in [0.1, 0.15) is 0 Å². The monoisotopic (exact) mass is 398 g/mol. The van der Waals surface area contributed by atoms with Gasteiger partial charge in [0.2, 0.25) is 6.08 Å². The molecule has 0 saturated carbocycles. The summed E-state index contributed by atoms with van der Waals surface area (Å²) in [6.07, 6.45) is 1.69. The molecule has 3 atom stereocenters. The lowest BCUT2D eigenvalue weighted by molar-refractivity contribution is -0.150. The second kappa shape index (κ2) is 12.7. The SMILES string of the molecule is C=C(C)C(=O)OCC(C)(CCC)CCOC(=O)NC(C)OC(=O)C(C)N=C=O. The van der Waals surface area contributed by atoms with Crippen LogP contribution in [-0.2, 0) is 28.6 Å². The zero-order chi connectivity index (χ0) is 21.7. The molecule has 0 heterocycles. The number of amides is 1. The Morgan fingerprint density at radius 1 is 1.21 bits per heavy atom. The molecule has 0 aromatic heterocycles. The highest BCUT2D eigenvalue weighted by molar-refractivity contribution is 5.86. The third-order valence-corrected chi connectivity index (χ3v) is 3.89. The van der Waals surface area contributed by atoms with Crippen molar-refractivity contribution in [2.75, 3.05) is 13.2 Å². The van der Waals surface area contributed by atoms with E-state index in [0.29, 0.717) is 12.0 Å². The van der Waals surface area contributed by atoms with Crippen LogP contribution in [0, 0.1) is 5.41 Å². The van der Waals surface area contributed by atoms with Crippen molar-refractivity contribution in [3.05, 3.63) is 12.2 Å². The summed E-state index contributed by atoms with van der Waals surface area (Å²) in [6, 6.07) is -1.01. The summed E-state index contributed by atoms with van der Waals surface area (Å²) < 4.78 is 15.3. The standard InChI is InChI=1S/C19H30N2O7/c1-7-8-19(6,11-27-16(23)13(2)3)9-10-26-18(25)21-15(5)28-17(24)14(4)20-12-22/h14-15H,2,7-11H2,1,3-6H3,(H,21,25). The Labute approximate surface area is 165 Å². The molecule has 0 aliphatic heterocycles. The molecule has 28 heavy (non-hydrogen) atoms. The maximum Gasteiger partial charge on any atom is 0.409 e. The summed E-state index contributed by atoms with van der Waals surface area (Å²) >= 11 is 0. The summed E-state index contributed by atoms with van der Waals surface area (Å²) in [7, 11) is 0. The van der Waals surface area contributed by atoms with E-state index in [0.717, 1.165) is 12.8 Å². The van der Waals surface area contributed by atoms with Crippen molar-refractivity contribution in [3.63, 3.8) is 0 Å². The van der Waals surface area contributed by atoms with Crippen LogP contribution in [-0.4, -0.2) is 49.6 Å². The molecule has 3 unspecified atom stereocenters. The van der Waals surface area contributed by atoms with Gasteiger partial charge in [-0.05, 0) is 33.6 Å². The van der Waals surface area contributed by atoms with E-state index in [2.05, 4.69) is 16.9 Å². The quantitative estimate of drug-likeness (QED) is 0.134. The third kappa shape index (κ3) is 10.5. The number of isocyanates is 1. The van der Waals surface area contributed by atoms with Crippen molar-refractivity contribution in [2.24, 2.45) is 10.4 Å². The smallest absolute Gasteiger partial charge is 0.409 e. The van der Waals surface area contributed by atoms with Crippen LogP contribution >= 0.6 is 0 Å². The molecule has 0 spiro atoms. The largest absolute Gasteiger partial charge is 0.462 e. The molecular formula is C19H30N2O7. The molecule has 1 N–H and O–H groups in total. The Hall–Kier alpha value is -2.67. The van der Waals surface area contributed by atoms with E-state index in [9.17, 15) is 19.2 Å². The van der Waals surface area contributed by atoms with E-state index in [-0.39, 0.29) is 18.6 Å². The van der Waals surface area contributed by atoms with Crippen molar-refractivity contribution in [1.82, 2.24) is 5.32 Å². The lowest BCUT2D eigenvalue weighted by Gasteiger charge is -2.28. The van der Waals surface area contributed by atoms with Gasteiger partial charge in [-0.2, -0.15) is 4.99 Å². The topological polar surface area (TPSA) is 120 Å². The number of hydrogen-bond acceptors (Lipinski definition) is 8. The minimum absolute atomic E-state index is 0.0967. The van der Waals surface area contributed by atoms with Crippen LogP contribution in [0.15, 0.2) is 17.1 Å². The average Bonchev–Trinajstić information content (AvgIpc) is 2.59. The molecule has 9 heteroatoms. The van der Waals surface area contributed by atoms with E-state index in [1.54, 1.807) is 6.92 Å². The lowest BCUT2D eigenvalue weighted by Crippen LogP contribution is -2.38. The molecule has 1 amide bonds. The van der Waals surface area contributed by atoms with E-state index in [1.165, 1.54) is 19.9 Å². The molecule has 9 nitrogen and oxygen atoms in total. The number of aliphatic imine (C=N–C) groups is 1. The van der Waals surface area contributed by atoms with Gasteiger partial charge in [-0.1, -0.05) is 26.8 Å². The summed E-state index contributed by atoms with van der Waals surface area (Å²) in [4.78, 5) is 48.3. The van der Waals surface area contributed by atoms with Crippen LogP contribution in [0.5, 0.6) is 0 Å². The number of alkyl carbamates (subject to hydrolysis) is 1. The summed E-state index contributed by atoms with van der Waals surface area (Å²) in [5.74, 6) is -1.23. The highest BCUT2D eigenvalue weighted by Gasteiger charge is 2.26. The van der Waals surface area contributed by atoms with Crippen LogP contribution in [0.25, 0.3) is 0 Å². The molecule has 0 bridgehead atoms. The maximum absolute atomic E-state index is 11.8. The molecule has 0 aromatic carbocycles. The molecule has 0 fully saturated rings. The minimum Gasteiger partial charge on any atom is -0.462 e. The first-order chi connectivity index (χ1) is 13.0. The predicted molar refractivity (Wildman–Crippen MR) is 101 cm³/mol. The summed E-state index contributed by atoms with van der Waals surface area (Å²) in [5, 5.41) is 2.35. The molecule has 0 aromatic rings. The first kappa shape index (κ1) is 25.3. The molecule has 0 aliphatic rings. The average molecular weight is 398 g/mol. The molecule has 0 saturated heterocycles. The molecule has 0 rings (SSSR count). The lowest BCUT2D eigenvalue weighted by atomic mass is 9.83. The van der Waals surface area contributed by atoms with Gasteiger partial charge in [0.15, 0.2) is 12.3 Å². The van der Waals surface area contributed by atoms with Gasteiger partial charge in [0, 0.05) is 11.0 Å². The van der Waals surface area contributed by atoms with Gasteiger partial charge >= 0.3 is 18.0 Å². The molecule has 0 radical (unpaired) electrons. The third-order valence-electron chi connectivity index (χ3n) is 3.89. The minimum atomic E-state index is -1.01. The number of nitrogens with one attached hydrogen (secondary N) is 1. The Morgan fingerprint density at radius 2 is 1.86 bits per heavy atom. The maximum atomic E-state index is 11.8. The number of rotatable bonds is 12. The Morgan fingerprint density at radius 3 is 2.39 bits per heavy atom. The first-order valence-corrected chi connectivity index (χ1v) is 9.08. The van der Waals surface area contributed by atoms with E-state index in [4.69, 9.17) is 14.2 Å². The summed E-state index contributed by atoms with van der Waals surface area (Å²) in [6.45, 7) is 12.2. The predicted octanol–water partition coefficient (Wildman–Crippen LogP) is 2.64. The second-order valence-corrected chi connectivity index (χ2v) is 6.92. The van der Waals surface area contributed by atoms with Crippen molar-refractivity contribution in [1.29, 1.82) is 0 Å². The van der Waals surface area contributed by atoms with Gasteiger partial charge in [-0.25, -0.2) is 19.2 Å². The molecule has 0 aliphatic carbocycles. The van der Waals surface area contributed by atoms with Crippen LogP contribution in [0.2, 0.25) is 0 Å². The normalized spacial score (nSPS) is 14.5. The highest BCUT2D eigenvalue weighted by atomic mass is 16.6. The van der Waals surface area contributed by atoms with Crippen molar-refractivity contribution < 1.29 is 33.4 Å². The van der Waals surface area contributed by atoms with Gasteiger partial charge in [-0.15, -0.1) is 0 Å². The Bertz CT molecular complexity index is 613. The number of esters is 2. The number of carbonyl (C=O) groups is 3. The fourth-order valence-electron chi connectivity index (χ4n) is 2.27. The van der Waals surface area contributed by atoms with Crippen molar-refractivity contribution in [2.45, 2.75) is 66.2 Å². The van der Waals surface area contributed by atoms with Crippen LogP contribution in [0.4, 0.5) is 4.79 Å². The van der Waals surface area contributed by atoms with Crippen LogP contribution < -0.4 is 5.32 Å². The van der Waals surface area contributed by atoms with Gasteiger partial charge in [0.05, 0.1) is 13.2 Å². The zero-order valence-electron chi connectivity index (χ0n) is 17.2. The van der Waals surface area contributed by atoms with E-state index >= 15 is 0 Å². The summed E-state index contributed by atoms with van der Waals surface area (Å²) in [5.41, 5.74) is -0.0216. The van der Waals surface area contributed by atoms with Crippen molar-refractivity contribution in [3.8, 4) is 0 Å². The van der Waals surface area contributed by atoms with E-state index < -0.39 is 30.3 Å². The van der Waals surface area contributed by atoms with Gasteiger partial charge in [-0.3, -0.25) is 5.32 Å². The fraction of sp³-hybridized carbons (Fsp3) is 0.684. The zero-order valence-corrected chi connectivity index (χ0v) is 17.2. The number of hydrogen-bond donors (Lipinski definition) is 1. The Kier molecular flexibility index (Phi) is 11.5. The number of carbonyl (C=O) groups excluding carboxylic acids is 4. The molecular weight excluding hydrogens is 368 g/mol. The molecule has 158 valence electrons. The highest BCUT2D eigenvalue weighted by Crippen LogP contribution is 2.28. The van der Waals surface area contributed by atoms with Gasteiger partial charge < -0.3 is 14.2 Å². The van der Waals surface area contributed by atoms with Gasteiger partial charge in [0.25, 0.3) is 0 Å². The second-order valence-electron chi connectivity index (χ2n) is 6.92. The van der Waals surface area contributed by atoms with E-state index in [1.807, 2.05) is 13.8 Å². The van der Waals surface area contributed by atoms with Crippen LogP contribution in [0.3, 0.4) is 0 Å². The Balaban J connectivity index is 4.42. The number of ether oxygens (including phenoxy) is 3. The van der Waals surface area contributed by atoms with Crippen LogP contribution in [0.1, 0.15) is 53.9 Å².